The molecule has 1 aromatic rings. The second-order valence-electron chi connectivity index (χ2n) is 8.41. The van der Waals surface area contributed by atoms with E-state index in [2.05, 4.69) is 41.6 Å². The first-order chi connectivity index (χ1) is 12.2. The van der Waals surface area contributed by atoms with Gasteiger partial charge in [0.2, 0.25) is 0 Å². The molecular weight excluding hydrogens is 306 g/mol. The Hall–Kier alpha value is -0.830. The molecule has 0 aromatic carbocycles. The average molecular weight is 348 g/mol. The zero-order chi connectivity index (χ0) is 17.9. The molecule has 3 nitrogen and oxygen atoms in total. The van der Waals surface area contributed by atoms with E-state index in [0.717, 1.165) is 12.5 Å². The molecule has 144 valence electrons. The third kappa shape index (κ3) is 7.94. The van der Waals surface area contributed by atoms with Gasteiger partial charge in [0.25, 0.3) is 0 Å². The summed E-state index contributed by atoms with van der Waals surface area (Å²) in [6, 6.07) is 0. The molecular formula is C22H41N3. The maximum atomic E-state index is 4.55. The number of aromatic nitrogens is 2. The summed E-state index contributed by atoms with van der Waals surface area (Å²) in [7, 11) is 0. The van der Waals surface area contributed by atoms with E-state index in [1.54, 1.807) is 0 Å². The van der Waals surface area contributed by atoms with E-state index < -0.39 is 0 Å². The van der Waals surface area contributed by atoms with Crippen LogP contribution < -0.4 is 0 Å². The Morgan fingerprint density at radius 1 is 1.00 bits per heavy atom. The Kier molecular flexibility index (Phi) is 9.60. The molecule has 0 bridgehead atoms. The van der Waals surface area contributed by atoms with Crippen molar-refractivity contribution in [2.75, 3.05) is 19.6 Å². The first kappa shape index (κ1) is 20.5. The van der Waals surface area contributed by atoms with Crippen LogP contribution in [0.2, 0.25) is 0 Å². The number of likely N-dealkylation sites (tertiary alicyclic amines) is 1. The minimum Gasteiger partial charge on any atom is -0.303 e. The van der Waals surface area contributed by atoms with Gasteiger partial charge in [0.05, 0.1) is 6.20 Å². The van der Waals surface area contributed by atoms with Gasteiger partial charge in [-0.2, -0.15) is 5.10 Å². The fraction of sp³-hybridized carbons (Fsp3) is 0.864. The van der Waals surface area contributed by atoms with E-state index >= 15 is 0 Å². The van der Waals surface area contributed by atoms with Crippen LogP contribution in [0, 0.1) is 5.92 Å². The standard InChI is InChI=1S/C22H41N3/c1-4-5-6-7-8-9-10-11-14-24-15-12-21(13-16-24)18-25-19-22(17-23-25)20(2)3/h17,19-21H,4-16,18H2,1-3H3. The van der Waals surface area contributed by atoms with Crippen molar-refractivity contribution in [1.82, 2.24) is 14.7 Å². The number of rotatable bonds is 12. The topological polar surface area (TPSA) is 21.1 Å². The molecule has 1 aromatic heterocycles. The molecule has 1 aliphatic heterocycles. The van der Waals surface area contributed by atoms with Gasteiger partial charge in [-0.3, -0.25) is 4.68 Å². The first-order valence-electron chi connectivity index (χ1n) is 10.9. The monoisotopic (exact) mass is 347 g/mol. The zero-order valence-corrected chi connectivity index (χ0v) is 17.1. The van der Waals surface area contributed by atoms with Gasteiger partial charge in [0.15, 0.2) is 0 Å². The third-order valence-corrected chi connectivity index (χ3v) is 5.80. The minimum atomic E-state index is 0.585. The van der Waals surface area contributed by atoms with Crippen LogP contribution in [-0.2, 0) is 6.54 Å². The van der Waals surface area contributed by atoms with Crippen LogP contribution in [-0.4, -0.2) is 34.3 Å². The summed E-state index contributed by atoms with van der Waals surface area (Å²) < 4.78 is 2.17. The van der Waals surface area contributed by atoms with E-state index in [4.69, 9.17) is 0 Å². The highest BCUT2D eigenvalue weighted by Crippen LogP contribution is 2.21. The van der Waals surface area contributed by atoms with Crippen molar-refractivity contribution in [2.45, 2.75) is 97.4 Å². The van der Waals surface area contributed by atoms with E-state index in [1.165, 1.54) is 89.4 Å². The Morgan fingerprint density at radius 3 is 2.24 bits per heavy atom. The van der Waals surface area contributed by atoms with Crippen molar-refractivity contribution >= 4 is 0 Å². The molecule has 0 unspecified atom stereocenters. The van der Waals surface area contributed by atoms with E-state index in [-0.39, 0.29) is 0 Å². The maximum Gasteiger partial charge on any atom is 0.0524 e. The molecule has 3 heteroatoms. The number of hydrogen-bond donors (Lipinski definition) is 0. The average Bonchev–Trinajstić information content (AvgIpc) is 3.07. The highest BCUT2D eigenvalue weighted by molar-refractivity contribution is 5.08. The van der Waals surface area contributed by atoms with Crippen molar-refractivity contribution < 1.29 is 0 Å². The van der Waals surface area contributed by atoms with E-state index in [9.17, 15) is 0 Å². The molecule has 0 amide bonds. The van der Waals surface area contributed by atoms with Gasteiger partial charge >= 0.3 is 0 Å². The predicted octanol–water partition coefficient (Wildman–Crippen LogP) is 5.86. The minimum absolute atomic E-state index is 0.585. The number of unbranched alkanes of at least 4 members (excludes halogenated alkanes) is 7. The van der Waals surface area contributed by atoms with Crippen LogP contribution in [0.3, 0.4) is 0 Å². The molecule has 2 rings (SSSR count). The van der Waals surface area contributed by atoms with Crippen LogP contribution >= 0.6 is 0 Å². The smallest absolute Gasteiger partial charge is 0.0524 e. The van der Waals surface area contributed by atoms with Crippen molar-refractivity contribution in [3.63, 3.8) is 0 Å². The lowest BCUT2D eigenvalue weighted by molar-refractivity contribution is 0.168. The highest BCUT2D eigenvalue weighted by Gasteiger charge is 2.19. The van der Waals surface area contributed by atoms with Crippen LogP contribution in [0.5, 0.6) is 0 Å². The summed E-state index contributed by atoms with van der Waals surface area (Å²) in [6.45, 7) is 11.8. The number of piperidine rings is 1. The van der Waals surface area contributed by atoms with E-state index in [1.807, 2.05) is 6.20 Å². The number of hydrogen-bond acceptors (Lipinski definition) is 2. The molecule has 0 radical (unpaired) electrons. The summed E-state index contributed by atoms with van der Waals surface area (Å²) in [5, 5.41) is 4.55. The Labute approximate surface area is 156 Å². The quantitative estimate of drug-likeness (QED) is 0.442. The summed E-state index contributed by atoms with van der Waals surface area (Å²) in [6.07, 6.45) is 18.4. The Bertz CT molecular complexity index is 444. The van der Waals surface area contributed by atoms with Crippen LogP contribution in [0.15, 0.2) is 12.4 Å². The molecule has 1 aliphatic rings. The van der Waals surface area contributed by atoms with Crippen molar-refractivity contribution in [2.24, 2.45) is 5.92 Å². The van der Waals surface area contributed by atoms with Gasteiger partial charge in [-0.15, -0.1) is 0 Å². The van der Waals surface area contributed by atoms with Gasteiger partial charge in [0, 0.05) is 12.7 Å². The summed E-state index contributed by atoms with van der Waals surface area (Å²) >= 11 is 0. The van der Waals surface area contributed by atoms with Crippen molar-refractivity contribution in [1.29, 1.82) is 0 Å². The molecule has 2 heterocycles. The molecule has 1 fully saturated rings. The molecule has 0 aliphatic carbocycles. The van der Waals surface area contributed by atoms with Gasteiger partial charge in [-0.1, -0.05) is 65.7 Å². The summed E-state index contributed by atoms with van der Waals surface area (Å²) in [5.74, 6) is 1.40. The van der Waals surface area contributed by atoms with Crippen molar-refractivity contribution in [3.8, 4) is 0 Å². The highest BCUT2D eigenvalue weighted by atomic mass is 15.3. The Morgan fingerprint density at radius 2 is 1.64 bits per heavy atom. The molecule has 25 heavy (non-hydrogen) atoms. The van der Waals surface area contributed by atoms with Gasteiger partial charge in [-0.05, 0) is 56.3 Å². The SMILES string of the molecule is CCCCCCCCCCN1CCC(Cn2cc(C(C)C)cn2)CC1. The molecule has 1 saturated heterocycles. The molecule has 0 N–H and O–H groups in total. The Balaban J connectivity index is 1.51. The second-order valence-corrected chi connectivity index (χ2v) is 8.41. The molecule has 0 spiro atoms. The second kappa shape index (κ2) is 11.7. The lowest BCUT2D eigenvalue weighted by atomic mass is 9.96. The summed E-state index contributed by atoms with van der Waals surface area (Å²) in [5.41, 5.74) is 1.37. The largest absolute Gasteiger partial charge is 0.303 e. The molecule has 0 atom stereocenters. The van der Waals surface area contributed by atoms with Gasteiger partial charge in [0.1, 0.15) is 0 Å². The van der Waals surface area contributed by atoms with Gasteiger partial charge < -0.3 is 4.90 Å². The first-order valence-corrected chi connectivity index (χ1v) is 10.9. The summed E-state index contributed by atoms with van der Waals surface area (Å²) in [4.78, 5) is 2.69. The normalized spacial score (nSPS) is 16.8. The van der Waals surface area contributed by atoms with Crippen molar-refractivity contribution in [3.05, 3.63) is 18.0 Å². The molecule has 0 saturated carbocycles. The maximum absolute atomic E-state index is 4.55. The van der Waals surface area contributed by atoms with Crippen LogP contribution in [0.4, 0.5) is 0 Å². The van der Waals surface area contributed by atoms with E-state index in [0.29, 0.717) is 5.92 Å². The van der Waals surface area contributed by atoms with Gasteiger partial charge in [-0.25, -0.2) is 0 Å². The van der Waals surface area contributed by atoms with Crippen LogP contribution in [0.1, 0.15) is 96.5 Å². The third-order valence-electron chi connectivity index (χ3n) is 5.80. The fourth-order valence-corrected chi connectivity index (χ4v) is 3.90. The van der Waals surface area contributed by atoms with Crippen LogP contribution in [0.25, 0.3) is 0 Å². The lowest BCUT2D eigenvalue weighted by Gasteiger charge is -2.31. The predicted molar refractivity (Wildman–Crippen MR) is 108 cm³/mol. The number of nitrogens with zero attached hydrogens (tertiary/aromatic N) is 3. The zero-order valence-electron chi connectivity index (χ0n) is 17.1. The fourth-order valence-electron chi connectivity index (χ4n) is 3.90. The lowest BCUT2D eigenvalue weighted by Crippen LogP contribution is -2.35.